The first-order valence-electron chi connectivity index (χ1n) is 5.34. The molecular formula is C11H17N3S. The maximum Gasteiger partial charge on any atom is 0.222 e. The second kappa shape index (κ2) is 4.39. The van der Waals surface area contributed by atoms with E-state index >= 15 is 0 Å². The van der Waals surface area contributed by atoms with Gasteiger partial charge in [-0.25, -0.2) is 9.97 Å². The first-order chi connectivity index (χ1) is 7.18. The van der Waals surface area contributed by atoms with Crippen LogP contribution in [-0.4, -0.2) is 27.0 Å². The number of aryl methyl sites for hydroxylation is 1. The molecule has 82 valence electrons. The third kappa shape index (κ3) is 2.84. The zero-order chi connectivity index (χ0) is 10.7. The molecule has 0 saturated carbocycles. The van der Waals surface area contributed by atoms with Gasteiger partial charge in [-0.3, -0.25) is 0 Å². The molecule has 1 aromatic heterocycles. The number of aromatic nitrogens is 2. The van der Waals surface area contributed by atoms with Crippen molar-refractivity contribution >= 4 is 17.7 Å². The fourth-order valence-electron chi connectivity index (χ4n) is 1.73. The molecule has 1 aliphatic heterocycles. The van der Waals surface area contributed by atoms with Crippen LogP contribution in [0.25, 0.3) is 0 Å². The Morgan fingerprint density at radius 2 is 2.20 bits per heavy atom. The summed E-state index contributed by atoms with van der Waals surface area (Å²) in [5, 5.41) is 3.31. The fourth-order valence-corrected chi connectivity index (χ4v) is 2.97. The molecule has 0 aliphatic carbocycles. The second-order valence-corrected chi connectivity index (χ2v) is 6.02. The third-order valence-corrected chi connectivity index (χ3v) is 4.24. The molecule has 4 heteroatoms. The fraction of sp³-hybridized carbons (Fsp3) is 0.636. The average molecular weight is 223 g/mol. The summed E-state index contributed by atoms with van der Waals surface area (Å²) < 4.78 is 0.369. The minimum Gasteiger partial charge on any atom is -0.353 e. The molecule has 1 aliphatic rings. The molecule has 1 fully saturated rings. The Morgan fingerprint density at radius 3 is 2.80 bits per heavy atom. The number of nitrogens with zero attached hydrogens (tertiary/aromatic N) is 2. The lowest BCUT2D eigenvalue weighted by Gasteiger charge is -2.22. The van der Waals surface area contributed by atoms with E-state index in [1.54, 1.807) is 0 Å². The van der Waals surface area contributed by atoms with Crippen LogP contribution in [-0.2, 0) is 0 Å². The Balaban J connectivity index is 1.90. The molecule has 1 unspecified atom stereocenters. The quantitative estimate of drug-likeness (QED) is 0.854. The zero-order valence-corrected chi connectivity index (χ0v) is 10.1. The summed E-state index contributed by atoms with van der Waals surface area (Å²) in [5.74, 6) is 2.03. The molecule has 0 aromatic carbocycles. The average Bonchev–Trinajstić information content (AvgIpc) is 2.65. The van der Waals surface area contributed by atoms with E-state index in [1.165, 1.54) is 18.6 Å². The van der Waals surface area contributed by atoms with Crippen molar-refractivity contribution in [2.24, 2.45) is 0 Å². The van der Waals surface area contributed by atoms with Gasteiger partial charge in [0.1, 0.15) is 0 Å². The summed E-state index contributed by atoms with van der Waals surface area (Å²) in [7, 11) is 0. The van der Waals surface area contributed by atoms with Crippen LogP contribution in [0.5, 0.6) is 0 Å². The van der Waals surface area contributed by atoms with Crippen molar-refractivity contribution in [3.8, 4) is 0 Å². The largest absolute Gasteiger partial charge is 0.353 e. The van der Waals surface area contributed by atoms with Gasteiger partial charge < -0.3 is 5.32 Å². The molecule has 2 heterocycles. The molecule has 15 heavy (non-hydrogen) atoms. The topological polar surface area (TPSA) is 37.8 Å². The van der Waals surface area contributed by atoms with Crippen molar-refractivity contribution in [1.29, 1.82) is 0 Å². The predicted molar refractivity (Wildman–Crippen MR) is 65.4 cm³/mol. The lowest BCUT2D eigenvalue weighted by Crippen LogP contribution is -2.27. The van der Waals surface area contributed by atoms with Crippen molar-refractivity contribution in [2.45, 2.75) is 31.4 Å². The Morgan fingerprint density at radius 1 is 1.47 bits per heavy atom. The highest BCUT2D eigenvalue weighted by atomic mass is 32.2. The highest BCUT2D eigenvalue weighted by Crippen LogP contribution is 2.37. The van der Waals surface area contributed by atoms with Crippen LogP contribution < -0.4 is 5.32 Å². The van der Waals surface area contributed by atoms with Gasteiger partial charge in [-0.05, 0) is 38.0 Å². The predicted octanol–water partition coefficient (Wildman–Crippen LogP) is 2.48. The van der Waals surface area contributed by atoms with Gasteiger partial charge in [0.2, 0.25) is 5.95 Å². The van der Waals surface area contributed by atoms with Gasteiger partial charge in [0.05, 0.1) is 0 Å². The number of anilines is 1. The van der Waals surface area contributed by atoms with Gasteiger partial charge in [-0.2, -0.15) is 11.8 Å². The van der Waals surface area contributed by atoms with Crippen LogP contribution in [0.2, 0.25) is 0 Å². The maximum absolute atomic E-state index is 4.24. The summed E-state index contributed by atoms with van der Waals surface area (Å²) in [6.45, 7) is 5.27. The van der Waals surface area contributed by atoms with Crippen LogP contribution >= 0.6 is 11.8 Å². The van der Waals surface area contributed by atoms with E-state index in [2.05, 4.69) is 22.2 Å². The van der Waals surface area contributed by atoms with E-state index < -0.39 is 0 Å². The minimum atomic E-state index is 0.369. The highest BCUT2D eigenvalue weighted by Gasteiger charge is 2.29. The molecule has 1 aromatic rings. The highest BCUT2D eigenvalue weighted by molar-refractivity contribution is 8.00. The number of hydrogen-bond acceptors (Lipinski definition) is 4. The number of hydrogen-bond donors (Lipinski definition) is 1. The molecular weight excluding hydrogens is 206 g/mol. The summed E-state index contributed by atoms with van der Waals surface area (Å²) in [6, 6.07) is 0. The number of nitrogens with one attached hydrogen (secondary N) is 1. The van der Waals surface area contributed by atoms with Gasteiger partial charge in [0, 0.05) is 23.7 Å². The summed E-state index contributed by atoms with van der Waals surface area (Å²) in [5.41, 5.74) is 1.10. The van der Waals surface area contributed by atoms with Crippen LogP contribution in [0.4, 0.5) is 5.95 Å². The van der Waals surface area contributed by atoms with Crippen LogP contribution in [0.3, 0.4) is 0 Å². The van der Waals surface area contributed by atoms with Crippen molar-refractivity contribution < 1.29 is 0 Å². The van der Waals surface area contributed by atoms with Gasteiger partial charge in [-0.15, -0.1) is 0 Å². The Labute approximate surface area is 95.1 Å². The molecule has 1 saturated heterocycles. The van der Waals surface area contributed by atoms with Crippen LogP contribution in [0, 0.1) is 6.92 Å². The Kier molecular flexibility index (Phi) is 3.14. The van der Waals surface area contributed by atoms with Crippen molar-refractivity contribution in [3.63, 3.8) is 0 Å². The van der Waals surface area contributed by atoms with Gasteiger partial charge in [-0.1, -0.05) is 0 Å². The standard InChI is InChI=1S/C11H17N3S/c1-9-6-12-10(13-7-9)14-8-11(2)4-3-5-15-11/h6-7H,3-5,8H2,1-2H3,(H,12,13,14). The third-order valence-electron chi connectivity index (χ3n) is 2.70. The van der Waals surface area contributed by atoms with E-state index in [0.717, 1.165) is 18.1 Å². The summed E-state index contributed by atoms with van der Waals surface area (Å²) in [6.07, 6.45) is 6.31. The Bertz CT molecular complexity index is 317. The van der Waals surface area contributed by atoms with E-state index in [4.69, 9.17) is 0 Å². The van der Waals surface area contributed by atoms with Crippen LogP contribution in [0.15, 0.2) is 12.4 Å². The van der Waals surface area contributed by atoms with E-state index in [1.807, 2.05) is 31.1 Å². The molecule has 1 N–H and O–H groups in total. The van der Waals surface area contributed by atoms with Crippen molar-refractivity contribution in [2.75, 3.05) is 17.6 Å². The van der Waals surface area contributed by atoms with Gasteiger partial charge in [0.15, 0.2) is 0 Å². The second-order valence-electron chi connectivity index (χ2n) is 4.34. The summed E-state index contributed by atoms with van der Waals surface area (Å²) >= 11 is 2.05. The minimum absolute atomic E-state index is 0.369. The number of thioether (sulfide) groups is 1. The van der Waals surface area contributed by atoms with Gasteiger partial charge in [0.25, 0.3) is 0 Å². The van der Waals surface area contributed by atoms with Crippen molar-refractivity contribution in [1.82, 2.24) is 9.97 Å². The molecule has 0 radical (unpaired) electrons. The smallest absolute Gasteiger partial charge is 0.222 e. The number of rotatable bonds is 3. The lowest BCUT2D eigenvalue weighted by molar-refractivity contribution is 0.632. The van der Waals surface area contributed by atoms with Crippen molar-refractivity contribution in [3.05, 3.63) is 18.0 Å². The first kappa shape index (κ1) is 10.7. The molecule has 0 amide bonds. The van der Waals surface area contributed by atoms with E-state index in [0.29, 0.717) is 4.75 Å². The van der Waals surface area contributed by atoms with E-state index in [9.17, 15) is 0 Å². The monoisotopic (exact) mass is 223 g/mol. The van der Waals surface area contributed by atoms with E-state index in [-0.39, 0.29) is 0 Å². The Hall–Kier alpha value is -0.770. The van der Waals surface area contributed by atoms with Crippen LogP contribution in [0.1, 0.15) is 25.3 Å². The normalized spacial score (nSPS) is 25.5. The zero-order valence-electron chi connectivity index (χ0n) is 9.29. The molecule has 3 nitrogen and oxygen atoms in total. The SMILES string of the molecule is Cc1cnc(NCC2(C)CCCS2)nc1. The lowest BCUT2D eigenvalue weighted by atomic mass is 10.1. The molecule has 2 rings (SSSR count). The van der Waals surface area contributed by atoms with Gasteiger partial charge >= 0.3 is 0 Å². The molecule has 0 spiro atoms. The maximum atomic E-state index is 4.24. The summed E-state index contributed by atoms with van der Waals surface area (Å²) in [4.78, 5) is 8.48. The first-order valence-corrected chi connectivity index (χ1v) is 6.33. The molecule has 1 atom stereocenters. The molecule has 0 bridgehead atoms.